The van der Waals surface area contributed by atoms with Gasteiger partial charge in [-0.3, -0.25) is 9.13 Å². The maximum absolute atomic E-state index is 7.00. The van der Waals surface area contributed by atoms with Crippen molar-refractivity contribution in [3.63, 3.8) is 0 Å². The van der Waals surface area contributed by atoms with E-state index in [1.54, 1.807) is 0 Å². The molecule has 0 bridgehead atoms. The molecule has 0 saturated heterocycles. The van der Waals surface area contributed by atoms with Gasteiger partial charge in [-0.1, -0.05) is 170 Å². The van der Waals surface area contributed by atoms with Crippen LogP contribution in [0.1, 0.15) is 0 Å². The molecule has 12 rings (SSSR count). The lowest BCUT2D eigenvalue weighted by Crippen LogP contribution is -2.75. The number of hydrogen-bond acceptors (Lipinski definition) is 2. The molecule has 0 atom stereocenters. The van der Waals surface area contributed by atoms with Gasteiger partial charge in [-0.25, -0.2) is 4.98 Å². The Kier molecular flexibility index (Phi) is 7.21. The van der Waals surface area contributed by atoms with E-state index in [0.717, 1.165) is 55.6 Å². The van der Waals surface area contributed by atoms with E-state index in [2.05, 4.69) is 221 Å². The number of nitrogens with zero attached hydrogens (tertiary/aromatic N) is 3. The summed E-state index contributed by atoms with van der Waals surface area (Å²) in [7, 11) is -3.25. The summed E-state index contributed by atoms with van der Waals surface area (Å²) in [4.78, 5) is 5.74. The predicted octanol–water partition coefficient (Wildman–Crippen LogP) is 10.6. The van der Waals surface area contributed by atoms with Crippen LogP contribution in [-0.4, -0.2) is 22.2 Å². The molecule has 0 aliphatic rings. The number of furan rings is 1. The fourth-order valence-electron chi connectivity index (χ4n) is 9.67. The molecule has 4 aromatic heterocycles. The predicted molar refractivity (Wildman–Crippen MR) is 244 cm³/mol. The van der Waals surface area contributed by atoms with Gasteiger partial charge >= 0.3 is 0 Å². The fourth-order valence-corrected chi connectivity index (χ4v) is 14.6. The highest BCUT2D eigenvalue weighted by Crippen LogP contribution is 2.35. The minimum absolute atomic E-state index is 0.868. The Morgan fingerprint density at radius 2 is 0.741 bits per heavy atom. The third kappa shape index (κ3) is 4.65. The van der Waals surface area contributed by atoms with Gasteiger partial charge in [0.2, 0.25) is 0 Å². The molecule has 0 amide bonds. The minimum Gasteiger partial charge on any atom is -0.456 e. The van der Waals surface area contributed by atoms with E-state index >= 15 is 0 Å². The lowest BCUT2D eigenvalue weighted by atomic mass is 10.1. The average molecular weight is 758 g/mol. The van der Waals surface area contributed by atoms with Crippen molar-refractivity contribution in [2.24, 2.45) is 0 Å². The zero-order valence-corrected chi connectivity index (χ0v) is 32.5. The second kappa shape index (κ2) is 12.8. The number of aromatic nitrogens is 3. The Balaban J connectivity index is 1.30. The largest absolute Gasteiger partial charge is 0.456 e. The third-order valence-electron chi connectivity index (χ3n) is 12.1. The van der Waals surface area contributed by atoms with Gasteiger partial charge in [-0.05, 0) is 63.2 Å². The zero-order chi connectivity index (χ0) is 38.2. The van der Waals surface area contributed by atoms with Gasteiger partial charge in [-0.15, -0.1) is 0 Å². The van der Waals surface area contributed by atoms with Crippen LogP contribution in [0, 0.1) is 0 Å². The first-order valence-electron chi connectivity index (χ1n) is 19.8. The third-order valence-corrected chi connectivity index (χ3v) is 16.8. The molecule has 5 heteroatoms. The van der Waals surface area contributed by atoms with Crippen LogP contribution in [0.5, 0.6) is 0 Å². The number of fused-ring (bicyclic) bond motifs is 9. The average Bonchev–Trinajstić information content (AvgIpc) is 3.96. The van der Waals surface area contributed by atoms with E-state index in [9.17, 15) is 0 Å². The zero-order valence-electron chi connectivity index (χ0n) is 31.5. The van der Waals surface area contributed by atoms with Crippen molar-refractivity contribution in [2.45, 2.75) is 0 Å². The molecule has 58 heavy (non-hydrogen) atoms. The number of hydrogen-bond donors (Lipinski definition) is 0. The molecule has 0 unspecified atom stereocenters. The van der Waals surface area contributed by atoms with Crippen LogP contribution >= 0.6 is 0 Å². The van der Waals surface area contributed by atoms with Gasteiger partial charge < -0.3 is 4.42 Å². The molecule has 0 radical (unpaired) electrons. The summed E-state index contributed by atoms with van der Waals surface area (Å²) in [6, 6.07) is 77.0. The van der Waals surface area contributed by atoms with Crippen molar-refractivity contribution in [1.82, 2.24) is 14.1 Å². The van der Waals surface area contributed by atoms with E-state index < -0.39 is 8.07 Å². The Labute approximate surface area is 335 Å². The Morgan fingerprint density at radius 1 is 0.345 bits per heavy atom. The van der Waals surface area contributed by atoms with Crippen LogP contribution in [0.3, 0.4) is 0 Å². The van der Waals surface area contributed by atoms with Gasteiger partial charge in [0.1, 0.15) is 22.8 Å². The van der Waals surface area contributed by atoms with Gasteiger partial charge in [0, 0.05) is 32.3 Å². The molecule has 0 aliphatic carbocycles. The number of rotatable bonds is 6. The number of pyridine rings is 1. The van der Waals surface area contributed by atoms with Crippen molar-refractivity contribution < 1.29 is 4.42 Å². The van der Waals surface area contributed by atoms with E-state index in [-0.39, 0.29) is 0 Å². The Morgan fingerprint density at radius 3 is 1.22 bits per heavy atom. The standard InChI is InChI=1S/C53H35N3OSi/c1-3-18-36(19-4-1)58(37-20-5-2-6-21-37,50-33-17-27-44-43-26-11-16-32-49(43)57-53(44)50)38-34-51(55-45-28-12-7-22-39(45)40-23-8-13-29-46(40)55)54-52(35-38)56-47-30-14-9-24-41(47)42-25-10-15-31-48(42)56/h1-35H. The number of para-hydroxylation sites is 6. The second-order valence-electron chi connectivity index (χ2n) is 15.1. The molecular weight excluding hydrogens is 723 g/mol. The smallest absolute Gasteiger partial charge is 0.184 e. The summed E-state index contributed by atoms with van der Waals surface area (Å²) < 4.78 is 11.7. The van der Waals surface area contributed by atoms with Crippen molar-refractivity contribution in [3.8, 4) is 11.6 Å². The minimum atomic E-state index is -3.25. The molecule has 0 N–H and O–H groups in total. The van der Waals surface area contributed by atoms with E-state index in [4.69, 9.17) is 9.40 Å². The lowest BCUT2D eigenvalue weighted by Gasteiger charge is -2.35. The summed E-state index contributed by atoms with van der Waals surface area (Å²) in [5.74, 6) is 1.74. The van der Waals surface area contributed by atoms with Crippen LogP contribution in [0.2, 0.25) is 0 Å². The van der Waals surface area contributed by atoms with Gasteiger partial charge in [0.15, 0.2) is 8.07 Å². The van der Waals surface area contributed by atoms with Crippen molar-refractivity contribution in [2.75, 3.05) is 0 Å². The maximum Gasteiger partial charge on any atom is 0.184 e. The molecule has 0 spiro atoms. The lowest BCUT2D eigenvalue weighted by molar-refractivity contribution is 0.671. The molecule has 8 aromatic carbocycles. The molecule has 0 fully saturated rings. The molecular formula is C53H35N3OSi. The molecule has 12 aromatic rings. The normalized spacial score (nSPS) is 12.1. The first-order chi connectivity index (χ1) is 28.8. The monoisotopic (exact) mass is 757 g/mol. The highest BCUT2D eigenvalue weighted by molar-refractivity contribution is 7.20. The highest BCUT2D eigenvalue weighted by atomic mass is 28.3. The van der Waals surface area contributed by atoms with E-state index in [1.165, 1.54) is 42.3 Å². The summed E-state index contributed by atoms with van der Waals surface area (Å²) in [6.07, 6.45) is 0. The van der Waals surface area contributed by atoms with Crippen molar-refractivity contribution >= 4 is 94.4 Å². The van der Waals surface area contributed by atoms with Crippen LogP contribution in [0.4, 0.5) is 0 Å². The van der Waals surface area contributed by atoms with Gasteiger partial charge in [-0.2, -0.15) is 0 Å². The molecule has 0 aliphatic heterocycles. The summed E-state index contributed by atoms with van der Waals surface area (Å²) in [6.45, 7) is 0. The molecule has 0 saturated carbocycles. The maximum atomic E-state index is 7.00. The Hall–Kier alpha value is -7.47. The fraction of sp³-hybridized carbons (Fsp3) is 0. The molecule has 4 heterocycles. The van der Waals surface area contributed by atoms with Crippen LogP contribution < -0.4 is 20.7 Å². The van der Waals surface area contributed by atoms with Gasteiger partial charge in [0.25, 0.3) is 0 Å². The summed E-state index contributed by atoms with van der Waals surface area (Å²) >= 11 is 0. The highest BCUT2D eigenvalue weighted by Gasteiger charge is 2.44. The van der Waals surface area contributed by atoms with E-state index in [1.807, 2.05) is 0 Å². The van der Waals surface area contributed by atoms with Crippen molar-refractivity contribution in [3.05, 3.63) is 212 Å². The van der Waals surface area contributed by atoms with Crippen LogP contribution in [0.25, 0.3) is 77.2 Å². The molecule has 4 nitrogen and oxygen atoms in total. The number of benzene rings is 8. The first-order valence-corrected chi connectivity index (χ1v) is 21.8. The van der Waals surface area contributed by atoms with E-state index in [0.29, 0.717) is 0 Å². The van der Waals surface area contributed by atoms with Crippen LogP contribution in [-0.2, 0) is 0 Å². The van der Waals surface area contributed by atoms with Gasteiger partial charge in [0.05, 0.1) is 22.1 Å². The summed E-state index contributed by atoms with van der Waals surface area (Å²) in [5.41, 5.74) is 6.29. The summed E-state index contributed by atoms with van der Waals surface area (Å²) in [5, 5.41) is 12.0. The van der Waals surface area contributed by atoms with Crippen LogP contribution in [0.15, 0.2) is 217 Å². The second-order valence-corrected chi connectivity index (χ2v) is 18.8. The Bertz CT molecular complexity index is 3250. The topological polar surface area (TPSA) is 35.9 Å². The quantitative estimate of drug-likeness (QED) is 0.125. The first kappa shape index (κ1) is 32.7. The molecule has 272 valence electrons. The van der Waals surface area contributed by atoms with Crippen molar-refractivity contribution in [1.29, 1.82) is 0 Å². The SMILES string of the molecule is c1ccc([Si](c2ccccc2)(c2cc(-n3c4ccccc4c4ccccc43)nc(-n3c4ccccc4c4ccccc43)c2)c2cccc3c2oc2ccccc23)cc1.